The number of hydrogen-bond donors (Lipinski definition) is 2. The summed E-state index contributed by atoms with van der Waals surface area (Å²) in [5.41, 5.74) is 1.46. The molecule has 3 rings (SSSR count). The predicted octanol–water partition coefficient (Wildman–Crippen LogP) is 1.88. The number of benzene rings is 1. The number of hydrogen-bond acceptors (Lipinski definition) is 4. The molecule has 2 atom stereocenters. The largest absolute Gasteiger partial charge is 0.356 e. The summed E-state index contributed by atoms with van der Waals surface area (Å²) in [4.78, 5) is 31.0. The monoisotopic (exact) mass is 340 g/mol. The molecule has 0 saturated heterocycles. The van der Waals surface area contributed by atoms with E-state index < -0.39 is 0 Å². The van der Waals surface area contributed by atoms with Gasteiger partial charge >= 0.3 is 0 Å². The van der Waals surface area contributed by atoms with Crippen molar-refractivity contribution in [3.8, 4) is 0 Å². The van der Waals surface area contributed by atoms with Gasteiger partial charge in [0.2, 0.25) is 11.8 Å². The zero-order valence-corrected chi connectivity index (χ0v) is 14.7. The van der Waals surface area contributed by atoms with E-state index in [1.807, 2.05) is 44.4 Å². The minimum atomic E-state index is -0.243. The zero-order valence-electron chi connectivity index (χ0n) is 14.7. The van der Waals surface area contributed by atoms with Crippen LogP contribution in [0.15, 0.2) is 36.5 Å². The number of para-hydroxylation sites is 1. The van der Waals surface area contributed by atoms with Gasteiger partial charge in [0.15, 0.2) is 0 Å². The fourth-order valence-corrected chi connectivity index (χ4v) is 2.94. The second kappa shape index (κ2) is 7.61. The summed E-state index contributed by atoms with van der Waals surface area (Å²) in [5.74, 6) is -0.573. The van der Waals surface area contributed by atoms with Crippen molar-refractivity contribution < 1.29 is 9.59 Å². The third-order valence-corrected chi connectivity index (χ3v) is 4.44. The molecule has 2 N–H and O–H groups in total. The number of rotatable bonds is 7. The maximum Gasteiger partial charge on any atom is 0.228 e. The first-order valence-corrected chi connectivity index (χ1v) is 8.63. The number of anilines is 1. The van der Waals surface area contributed by atoms with Gasteiger partial charge in [-0.3, -0.25) is 14.6 Å². The van der Waals surface area contributed by atoms with Crippen LogP contribution in [0.25, 0.3) is 10.9 Å². The molecule has 0 radical (unpaired) electrons. The van der Waals surface area contributed by atoms with Gasteiger partial charge in [-0.2, -0.15) is 0 Å². The van der Waals surface area contributed by atoms with Crippen LogP contribution in [0.4, 0.5) is 5.69 Å². The number of fused-ring (bicyclic) bond motifs is 1. The molecule has 6 heteroatoms. The third kappa shape index (κ3) is 4.33. The van der Waals surface area contributed by atoms with E-state index in [1.54, 1.807) is 6.20 Å². The highest BCUT2D eigenvalue weighted by Crippen LogP contribution is 2.39. The van der Waals surface area contributed by atoms with Crippen molar-refractivity contribution in [2.75, 3.05) is 32.5 Å². The summed E-state index contributed by atoms with van der Waals surface area (Å²) in [6.45, 7) is 1.58. The number of carbonyl (C=O) groups is 2. The molecule has 0 spiro atoms. The Balaban J connectivity index is 1.52. The second-order valence-electron chi connectivity index (χ2n) is 6.77. The van der Waals surface area contributed by atoms with Gasteiger partial charge in [-0.1, -0.05) is 18.2 Å². The van der Waals surface area contributed by atoms with E-state index in [2.05, 4.69) is 20.5 Å². The fraction of sp³-hybridized carbons (Fsp3) is 0.421. The van der Waals surface area contributed by atoms with Crippen molar-refractivity contribution in [3.63, 3.8) is 0 Å². The van der Waals surface area contributed by atoms with Gasteiger partial charge in [-0.25, -0.2) is 0 Å². The van der Waals surface area contributed by atoms with Crippen molar-refractivity contribution in [1.82, 2.24) is 15.2 Å². The van der Waals surface area contributed by atoms with E-state index in [0.29, 0.717) is 18.7 Å². The Morgan fingerprint density at radius 1 is 1.16 bits per heavy atom. The predicted molar refractivity (Wildman–Crippen MR) is 98.2 cm³/mol. The Kier molecular flexibility index (Phi) is 5.28. The Hall–Kier alpha value is -2.47. The van der Waals surface area contributed by atoms with Gasteiger partial charge in [0.1, 0.15) is 0 Å². The molecule has 1 saturated carbocycles. The molecule has 1 aliphatic rings. The quantitative estimate of drug-likeness (QED) is 0.755. The highest BCUT2D eigenvalue weighted by atomic mass is 16.2. The molecule has 132 valence electrons. The average Bonchev–Trinajstić information content (AvgIpc) is 3.40. The summed E-state index contributed by atoms with van der Waals surface area (Å²) in [5, 5.41) is 6.82. The summed E-state index contributed by atoms with van der Waals surface area (Å²) < 4.78 is 0. The number of amides is 2. The van der Waals surface area contributed by atoms with Crippen molar-refractivity contribution in [2.45, 2.75) is 12.8 Å². The van der Waals surface area contributed by atoms with E-state index in [0.717, 1.165) is 23.9 Å². The normalized spacial score (nSPS) is 19.0. The van der Waals surface area contributed by atoms with Crippen LogP contribution in [-0.4, -0.2) is 48.9 Å². The van der Waals surface area contributed by atoms with Crippen LogP contribution >= 0.6 is 0 Å². The molecule has 1 aliphatic carbocycles. The molecule has 25 heavy (non-hydrogen) atoms. The first-order chi connectivity index (χ1) is 12.1. The molecule has 2 unspecified atom stereocenters. The molecule has 1 aromatic carbocycles. The summed E-state index contributed by atoms with van der Waals surface area (Å²) in [7, 11) is 4.01. The highest BCUT2D eigenvalue weighted by Gasteiger charge is 2.47. The number of carbonyl (C=O) groups excluding carboxylic acids is 2. The van der Waals surface area contributed by atoms with E-state index in [-0.39, 0.29) is 23.7 Å². The Bertz CT molecular complexity index is 770. The van der Waals surface area contributed by atoms with Crippen LogP contribution in [0.3, 0.4) is 0 Å². The van der Waals surface area contributed by atoms with Crippen LogP contribution in [-0.2, 0) is 9.59 Å². The van der Waals surface area contributed by atoms with Gasteiger partial charge < -0.3 is 15.5 Å². The van der Waals surface area contributed by atoms with Crippen molar-refractivity contribution in [1.29, 1.82) is 0 Å². The topological polar surface area (TPSA) is 74.3 Å². The maximum absolute atomic E-state index is 12.4. The van der Waals surface area contributed by atoms with Crippen molar-refractivity contribution in [2.24, 2.45) is 11.8 Å². The molecular formula is C19H24N4O2. The SMILES string of the molecule is CN(C)CCCNC(=O)C1CC1C(=O)Nc1cccc2cccnc12. The molecule has 6 nitrogen and oxygen atoms in total. The lowest BCUT2D eigenvalue weighted by Crippen LogP contribution is -2.30. The lowest BCUT2D eigenvalue weighted by molar-refractivity contribution is -0.125. The molecule has 1 heterocycles. The van der Waals surface area contributed by atoms with Gasteiger partial charge in [-0.15, -0.1) is 0 Å². The Morgan fingerprint density at radius 2 is 1.92 bits per heavy atom. The number of pyridine rings is 1. The van der Waals surface area contributed by atoms with E-state index in [1.165, 1.54) is 0 Å². The smallest absolute Gasteiger partial charge is 0.228 e. The number of aromatic nitrogens is 1. The van der Waals surface area contributed by atoms with Crippen LogP contribution in [0.1, 0.15) is 12.8 Å². The van der Waals surface area contributed by atoms with E-state index in [4.69, 9.17) is 0 Å². The molecule has 0 bridgehead atoms. The molecule has 1 aromatic heterocycles. The summed E-state index contributed by atoms with van der Waals surface area (Å²) >= 11 is 0. The van der Waals surface area contributed by atoms with Crippen LogP contribution in [0.2, 0.25) is 0 Å². The lowest BCUT2D eigenvalue weighted by Gasteiger charge is -2.10. The standard InChI is InChI=1S/C19H24N4O2/c1-23(2)11-5-10-21-18(24)14-12-15(14)19(25)22-16-8-3-6-13-7-4-9-20-17(13)16/h3-4,6-9,14-15H,5,10-12H2,1-2H3,(H,21,24)(H,22,25). The van der Waals surface area contributed by atoms with E-state index >= 15 is 0 Å². The lowest BCUT2D eigenvalue weighted by atomic mass is 10.2. The first kappa shape index (κ1) is 17.4. The van der Waals surface area contributed by atoms with Gasteiger partial charge in [0.25, 0.3) is 0 Å². The number of nitrogens with one attached hydrogen (secondary N) is 2. The average molecular weight is 340 g/mol. The second-order valence-corrected chi connectivity index (χ2v) is 6.77. The Morgan fingerprint density at radius 3 is 2.72 bits per heavy atom. The van der Waals surface area contributed by atoms with Crippen LogP contribution in [0.5, 0.6) is 0 Å². The van der Waals surface area contributed by atoms with Crippen molar-refractivity contribution >= 4 is 28.4 Å². The maximum atomic E-state index is 12.4. The van der Waals surface area contributed by atoms with Crippen LogP contribution < -0.4 is 10.6 Å². The number of nitrogens with zero attached hydrogens (tertiary/aromatic N) is 2. The summed E-state index contributed by atoms with van der Waals surface area (Å²) in [6.07, 6.45) is 3.23. The molecule has 2 amide bonds. The molecule has 2 aromatic rings. The van der Waals surface area contributed by atoms with Crippen LogP contribution in [0, 0.1) is 11.8 Å². The Labute approximate surface area is 147 Å². The van der Waals surface area contributed by atoms with Gasteiger partial charge in [-0.05, 0) is 45.6 Å². The molecule has 0 aliphatic heterocycles. The minimum absolute atomic E-state index is 0.0186. The van der Waals surface area contributed by atoms with E-state index in [9.17, 15) is 9.59 Å². The van der Waals surface area contributed by atoms with Crippen molar-refractivity contribution in [3.05, 3.63) is 36.5 Å². The van der Waals surface area contributed by atoms with Gasteiger partial charge in [0.05, 0.1) is 23.0 Å². The summed E-state index contributed by atoms with van der Waals surface area (Å²) in [6, 6.07) is 9.51. The van der Waals surface area contributed by atoms with Gasteiger partial charge in [0, 0.05) is 18.1 Å². The highest BCUT2D eigenvalue weighted by molar-refractivity contribution is 6.04. The minimum Gasteiger partial charge on any atom is -0.356 e. The zero-order chi connectivity index (χ0) is 17.8. The third-order valence-electron chi connectivity index (χ3n) is 4.44. The fourth-order valence-electron chi connectivity index (χ4n) is 2.94. The molecular weight excluding hydrogens is 316 g/mol. The molecule has 1 fully saturated rings. The first-order valence-electron chi connectivity index (χ1n) is 8.63.